The van der Waals surface area contributed by atoms with E-state index in [1.165, 1.54) is 18.5 Å². The van der Waals surface area contributed by atoms with E-state index in [9.17, 15) is 0 Å². The number of anilines is 2. The number of nitrogen functional groups attached to an aromatic ring is 1. The monoisotopic (exact) mass is 292 g/mol. The van der Waals surface area contributed by atoms with Gasteiger partial charge in [0.25, 0.3) is 0 Å². The maximum absolute atomic E-state index is 5.68. The summed E-state index contributed by atoms with van der Waals surface area (Å²) < 4.78 is 5.20. The minimum atomic E-state index is 0. The molecule has 2 N–H and O–H groups in total. The fourth-order valence-electron chi connectivity index (χ4n) is 2.28. The van der Waals surface area contributed by atoms with Crippen LogP contribution in [0.1, 0.15) is 12.8 Å². The van der Waals surface area contributed by atoms with Gasteiger partial charge in [0.15, 0.2) is 0 Å². The molecule has 18 heavy (non-hydrogen) atoms. The zero-order chi connectivity index (χ0) is 11.4. The van der Waals surface area contributed by atoms with Gasteiger partial charge >= 0.3 is 0 Å². The molecule has 104 valence electrons. The summed E-state index contributed by atoms with van der Waals surface area (Å²) in [5.74, 6) is 0.732. The highest BCUT2D eigenvalue weighted by molar-refractivity contribution is 5.85. The van der Waals surface area contributed by atoms with E-state index < -0.39 is 0 Å². The number of halogens is 2. The first-order valence-corrected chi connectivity index (χ1v) is 5.89. The molecular weight excluding hydrogens is 271 g/mol. The Morgan fingerprint density at radius 2 is 1.72 bits per heavy atom. The van der Waals surface area contributed by atoms with Crippen LogP contribution in [0.2, 0.25) is 0 Å². The van der Waals surface area contributed by atoms with Gasteiger partial charge in [-0.1, -0.05) is 0 Å². The molecule has 0 atom stereocenters. The minimum absolute atomic E-state index is 0. The molecule has 1 fully saturated rings. The molecule has 1 aromatic rings. The molecule has 2 rings (SSSR count). The van der Waals surface area contributed by atoms with E-state index in [2.05, 4.69) is 17.0 Å². The van der Waals surface area contributed by atoms with Crippen LogP contribution in [0.3, 0.4) is 0 Å². The highest BCUT2D eigenvalue weighted by Gasteiger charge is 2.18. The van der Waals surface area contributed by atoms with Crippen LogP contribution in [0.4, 0.5) is 11.4 Å². The lowest BCUT2D eigenvalue weighted by Gasteiger charge is -2.33. The van der Waals surface area contributed by atoms with E-state index >= 15 is 0 Å². The molecule has 1 heterocycles. The van der Waals surface area contributed by atoms with Crippen molar-refractivity contribution in [1.82, 2.24) is 0 Å². The molecule has 0 unspecified atom stereocenters. The standard InChI is InChI=1S/C13H20N2O.2ClH/c1-16-10-11-6-8-15(9-7-11)13-4-2-12(14)3-5-13;;/h2-5,11H,6-10,14H2,1H3;2*1H. The Labute approximate surface area is 121 Å². The van der Waals surface area contributed by atoms with Crippen molar-refractivity contribution in [2.24, 2.45) is 5.92 Å². The average Bonchev–Trinajstić information content (AvgIpc) is 2.32. The van der Waals surface area contributed by atoms with Crippen LogP contribution in [0.15, 0.2) is 24.3 Å². The van der Waals surface area contributed by atoms with Crippen molar-refractivity contribution < 1.29 is 4.74 Å². The maximum Gasteiger partial charge on any atom is 0.0491 e. The van der Waals surface area contributed by atoms with Gasteiger partial charge in [-0.05, 0) is 43.0 Å². The van der Waals surface area contributed by atoms with Crippen LogP contribution in [0, 0.1) is 5.92 Å². The third-order valence-electron chi connectivity index (χ3n) is 3.28. The second-order valence-corrected chi connectivity index (χ2v) is 4.48. The third kappa shape index (κ3) is 4.56. The molecule has 0 aliphatic carbocycles. The van der Waals surface area contributed by atoms with Gasteiger partial charge < -0.3 is 15.4 Å². The molecule has 1 aliphatic rings. The zero-order valence-corrected chi connectivity index (χ0v) is 12.3. The van der Waals surface area contributed by atoms with Crippen molar-refractivity contribution in [2.45, 2.75) is 12.8 Å². The quantitative estimate of drug-likeness (QED) is 0.871. The third-order valence-corrected chi connectivity index (χ3v) is 3.28. The molecule has 0 aromatic heterocycles. The molecular formula is C13H22Cl2N2O. The lowest BCUT2D eigenvalue weighted by molar-refractivity contribution is 0.139. The summed E-state index contributed by atoms with van der Waals surface area (Å²) in [5.41, 5.74) is 7.80. The van der Waals surface area contributed by atoms with E-state index in [1.54, 1.807) is 7.11 Å². The smallest absolute Gasteiger partial charge is 0.0491 e. The summed E-state index contributed by atoms with van der Waals surface area (Å²) in [6.45, 7) is 3.14. The lowest BCUT2D eigenvalue weighted by atomic mass is 9.97. The number of rotatable bonds is 3. The summed E-state index contributed by atoms with van der Waals surface area (Å²) in [5, 5.41) is 0. The largest absolute Gasteiger partial charge is 0.399 e. The van der Waals surface area contributed by atoms with E-state index in [1.807, 2.05) is 12.1 Å². The van der Waals surface area contributed by atoms with Crippen LogP contribution in [0.25, 0.3) is 0 Å². The van der Waals surface area contributed by atoms with Gasteiger partial charge in [0.1, 0.15) is 0 Å². The zero-order valence-electron chi connectivity index (χ0n) is 10.7. The van der Waals surface area contributed by atoms with Gasteiger partial charge in [-0.15, -0.1) is 24.8 Å². The van der Waals surface area contributed by atoms with Gasteiger partial charge in [-0.2, -0.15) is 0 Å². The Kier molecular flexibility index (Phi) is 8.16. The molecule has 0 spiro atoms. The predicted octanol–water partition coefficient (Wildman–Crippen LogP) is 2.98. The summed E-state index contributed by atoms with van der Waals surface area (Å²) in [7, 11) is 1.78. The van der Waals surface area contributed by atoms with Gasteiger partial charge in [-0.25, -0.2) is 0 Å². The summed E-state index contributed by atoms with van der Waals surface area (Å²) in [6, 6.07) is 8.14. The molecule has 0 radical (unpaired) electrons. The van der Waals surface area contributed by atoms with Gasteiger partial charge in [-0.3, -0.25) is 0 Å². The average molecular weight is 293 g/mol. The Hall–Kier alpha value is -0.640. The Morgan fingerprint density at radius 1 is 1.17 bits per heavy atom. The van der Waals surface area contributed by atoms with Crippen molar-refractivity contribution in [3.63, 3.8) is 0 Å². The number of nitrogens with zero attached hydrogens (tertiary/aromatic N) is 1. The number of nitrogens with two attached hydrogens (primary N) is 1. The number of hydrogen-bond donors (Lipinski definition) is 1. The Bertz CT molecular complexity index is 324. The van der Waals surface area contributed by atoms with Crippen LogP contribution in [0.5, 0.6) is 0 Å². The maximum atomic E-state index is 5.68. The number of piperidine rings is 1. The Morgan fingerprint density at radius 3 is 2.22 bits per heavy atom. The molecule has 0 bridgehead atoms. The predicted molar refractivity (Wildman–Crippen MR) is 82.2 cm³/mol. The summed E-state index contributed by atoms with van der Waals surface area (Å²) in [6.07, 6.45) is 2.44. The van der Waals surface area contributed by atoms with Gasteiger partial charge in [0.05, 0.1) is 0 Å². The first-order valence-electron chi connectivity index (χ1n) is 5.89. The number of methoxy groups -OCH3 is 1. The van der Waals surface area contributed by atoms with Crippen molar-refractivity contribution in [2.75, 3.05) is 37.4 Å². The van der Waals surface area contributed by atoms with Gasteiger partial charge in [0, 0.05) is 38.2 Å². The van der Waals surface area contributed by atoms with Crippen molar-refractivity contribution >= 4 is 36.2 Å². The van der Waals surface area contributed by atoms with E-state index in [-0.39, 0.29) is 24.8 Å². The van der Waals surface area contributed by atoms with Crippen LogP contribution in [-0.2, 0) is 4.74 Å². The van der Waals surface area contributed by atoms with Crippen molar-refractivity contribution in [3.05, 3.63) is 24.3 Å². The molecule has 0 saturated carbocycles. The van der Waals surface area contributed by atoms with E-state index in [0.717, 1.165) is 31.3 Å². The lowest BCUT2D eigenvalue weighted by Crippen LogP contribution is -2.34. The summed E-state index contributed by atoms with van der Waals surface area (Å²) >= 11 is 0. The van der Waals surface area contributed by atoms with Crippen molar-refractivity contribution in [1.29, 1.82) is 0 Å². The van der Waals surface area contributed by atoms with Crippen molar-refractivity contribution in [3.8, 4) is 0 Å². The first-order chi connectivity index (χ1) is 7.79. The molecule has 3 nitrogen and oxygen atoms in total. The van der Waals surface area contributed by atoms with Gasteiger partial charge in [0.2, 0.25) is 0 Å². The molecule has 1 saturated heterocycles. The minimum Gasteiger partial charge on any atom is -0.399 e. The highest BCUT2D eigenvalue weighted by atomic mass is 35.5. The SMILES string of the molecule is COCC1CCN(c2ccc(N)cc2)CC1.Cl.Cl. The molecule has 1 aromatic carbocycles. The van der Waals surface area contributed by atoms with E-state index in [4.69, 9.17) is 10.5 Å². The normalized spacial score (nSPS) is 15.7. The second-order valence-electron chi connectivity index (χ2n) is 4.48. The molecule has 1 aliphatic heterocycles. The van der Waals surface area contributed by atoms with E-state index in [0.29, 0.717) is 0 Å². The Balaban J connectivity index is 0.00000144. The molecule has 5 heteroatoms. The van der Waals surface area contributed by atoms with Crippen LogP contribution >= 0.6 is 24.8 Å². The van der Waals surface area contributed by atoms with Crippen LogP contribution < -0.4 is 10.6 Å². The fraction of sp³-hybridized carbons (Fsp3) is 0.538. The summed E-state index contributed by atoms with van der Waals surface area (Å²) in [4.78, 5) is 2.42. The first kappa shape index (κ1) is 17.4. The second kappa shape index (κ2) is 8.46. The number of benzene rings is 1. The highest BCUT2D eigenvalue weighted by Crippen LogP contribution is 2.23. The molecule has 0 amide bonds. The fourth-order valence-corrected chi connectivity index (χ4v) is 2.28. The topological polar surface area (TPSA) is 38.5 Å². The number of hydrogen-bond acceptors (Lipinski definition) is 3. The number of ether oxygens (including phenoxy) is 1. The van der Waals surface area contributed by atoms with Crippen LogP contribution in [-0.4, -0.2) is 26.8 Å².